The van der Waals surface area contributed by atoms with Crippen molar-refractivity contribution in [1.82, 2.24) is 5.32 Å². The van der Waals surface area contributed by atoms with Gasteiger partial charge in [0.2, 0.25) is 5.91 Å². The Morgan fingerprint density at radius 2 is 1.92 bits per heavy atom. The Balaban J connectivity index is 2.07. The summed E-state index contributed by atoms with van der Waals surface area (Å²) in [5.74, 6) is -3.13. The van der Waals surface area contributed by atoms with Crippen LogP contribution >= 0.6 is 11.6 Å². The zero-order valence-corrected chi connectivity index (χ0v) is 14.1. The number of aliphatic carboxylic acids is 1. The average Bonchev–Trinajstić information content (AvgIpc) is 3.08. The first kappa shape index (κ1) is 18.2. The number of aliphatic hydroxyl groups excluding tert-OH is 1. The first-order valence-electron chi connectivity index (χ1n) is 7.42. The van der Waals surface area contributed by atoms with Crippen molar-refractivity contribution in [3.8, 4) is 0 Å². The summed E-state index contributed by atoms with van der Waals surface area (Å²) in [5.41, 5.74) is 0.0120. The van der Waals surface area contributed by atoms with Crippen molar-refractivity contribution in [3.05, 3.63) is 28.8 Å². The van der Waals surface area contributed by atoms with E-state index < -0.39 is 29.1 Å². The first-order chi connectivity index (χ1) is 11.2. The Bertz CT molecular complexity index is 689. The molecule has 1 aliphatic rings. The van der Waals surface area contributed by atoms with Crippen LogP contribution in [-0.4, -0.2) is 41.1 Å². The van der Waals surface area contributed by atoms with Crippen LogP contribution in [0.1, 0.15) is 24.2 Å². The Kier molecular flexibility index (Phi) is 5.15. The smallest absolute Gasteiger partial charge is 0.307 e. The largest absolute Gasteiger partial charge is 0.481 e. The maximum atomic E-state index is 12.3. The van der Waals surface area contributed by atoms with Gasteiger partial charge in [0.15, 0.2) is 0 Å². The van der Waals surface area contributed by atoms with E-state index in [1.54, 1.807) is 13.8 Å². The normalized spacial score (nSPS) is 21.0. The highest BCUT2D eigenvalue weighted by Crippen LogP contribution is 2.58. The van der Waals surface area contributed by atoms with Crippen molar-refractivity contribution in [2.75, 3.05) is 18.5 Å². The molecule has 7 nitrogen and oxygen atoms in total. The summed E-state index contributed by atoms with van der Waals surface area (Å²) in [6.07, 6.45) is 0. The molecular formula is C16H19ClN2O5. The maximum Gasteiger partial charge on any atom is 0.307 e. The number of rotatable bonds is 6. The number of aliphatic hydroxyl groups is 1. The number of carbonyl (C=O) groups excluding carboxylic acids is 2. The van der Waals surface area contributed by atoms with Gasteiger partial charge in [-0.25, -0.2) is 0 Å². The second kappa shape index (κ2) is 6.78. The third-order valence-corrected chi connectivity index (χ3v) is 4.57. The number of carboxylic acids is 1. The quantitative estimate of drug-likeness (QED) is 0.615. The summed E-state index contributed by atoms with van der Waals surface area (Å²) >= 11 is 6.05. The van der Waals surface area contributed by atoms with E-state index in [0.29, 0.717) is 5.69 Å². The molecule has 1 fully saturated rings. The van der Waals surface area contributed by atoms with E-state index in [1.165, 1.54) is 18.2 Å². The topological polar surface area (TPSA) is 116 Å². The van der Waals surface area contributed by atoms with Crippen LogP contribution < -0.4 is 10.6 Å². The number of hydrogen-bond acceptors (Lipinski definition) is 4. The number of benzene rings is 1. The van der Waals surface area contributed by atoms with Gasteiger partial charge in [0.25, 0.3) is 5.91 Å². The van der Waals surface area contributed by atoms with Gasteiger partial charge in [-0.15, -0.1) is 0 Å². The van der Waals surface area contributed by atoms with Gasteiger partial charge in [0.05, 0.1) is 29.0 Å². The standard InChI is InChI=1S/C16H19ClN2O5/c1-16(2)11(12(16)15(23)24)14(22)19-8-3-4-9(10(17)7-8)13(21)18-5-6-20/h3-4,7,11-12,20H,5-6H2,1-2H3,(H,18,21)(H,19,22)(H,23,24). The number of nitrogens with one attached hydrogen (secondary N) is 2. The summed E-state index contributed by atoms with van der Waals surface area (Å²) < 4.78 is 0. The molecule has 2 atom stereocenters. The van der Waals surface area contributed by atoms with Gasteiger partial charge >= 0.3 is 5.97 Å². The molecule has 0 bridgehead atoms. The molecule has 1 aromatic carbocycles. The summed E-state index contributed by atoms with van der Waals surface area (Å²) in [5, 5.41) is 23.1. The predicted octanol–water partition coefficient (Wildman–Crippen LogP) is 1.36. The van der Waals surface area contributed by atoms with E-state index in [1.807, 2.05) is 0 Å². The molecule has 0 aromatic heterocycles. The number of amides is 2. The molecule has 0 aliphatic heterocycles. The molecule has 0 saturated heterocycles. The van der Waals surface area contributed by atoms with Gasteiger partial charge < -0.3 is 20.8 Å². The van der Waals surface area contributed by atoms with Gasteiger partial charge in [-0.1, -0.05) is 25.4 Å². The van der Waals surface area contributed by atoms with Gasteiger partial charge in [-0.3, -0.25) is 14.4 Å². The first-order valence-corrected chi connectivity index (χ1v) is 7.80. The summed E-state index contributed by atoms with van der Waals surface area (Å²) in [4.78, 5) is 35.2. The highest BCUT2D eigenvalue weighted by atomic mass is 35.5. The third kappa shape index (κ3) is 3.52. The molecule has 2 rings (SSSR count). The van der Waals surface area contributed by atoms with Crippen molar-refractivity contribution in [3.63, 3.8) is 0 Å². The minimum absolute atomic E-state index is 0.112. The van der Waals surface area contributed by atoms with Crippen molar-refractivity contribution in [1.29, 1.82) is 0 Å². The van der Waals surface area contributed by atoms with Gasteiger partial charge in [-0.05, 0) is 23.6 Å². The van der Waals surface area contributed by atoms with Crippen LogP contribution in [0.3, 0.4) is 0 Å². The van der Waals surface area contributed by atoms with E-state index in [4.69, 9.17) is 21.8 Å². The van der Waals surface area contributed by atoms with Gasteiger partial charge in [-0.2, -0.15) is 0 Å². The monoisotopic (exact) mass is 354 g/mol. The van der Waals surface area contributed by atoms with E-state index >= 15 is 0 Å². The van der Waals surface area contributed by atoms with Gasteiger partial charge in [0, 0.05) is 12.2 Å². The van der Waals surface area contributed by atoms with Crippen LogP contribution in [0.15, 0.2) is 18.2 Å². The van der Waals surface area contributed by atoms with Crippen LogP contribution in [0, 0.1) is 17.3 Å². The lowest BCUT2D eigenvalue weighted by atomic mass is 10.1. The Labute approximate surface area is 144 Å². The number of hydrogen-bond donors (Lipinski definition) is 4. The van der Waals surface area contributed by atoms with Crippen molar-refractivity contribution >= 4 is 35.1 Å². The molecule has 1 aliphatic carbocycles. The SMILES string of the molecule is CC1(C)C(C(=O)O)C1C(=O)Nc1ccc(C(=O)NCCO)c(Cl)c1. The number of halogens is 1. The van der Waals surface area contributed by atoms with Crippen molar-refractivity contribution < 1.29 is 24.6 Å². The maximum absolute atomic E-state index is 12.3. The Morgan fingerprint density at radius 1 is 1.25 bits per heavy atom. The van der Waals surface area contributed by atoms with Crippen LogP contribution in [0.2, 0.25) is 5.02 Å². The van der Waals surface area contributed by atoms with E-state index in [2.05, 4.69) is 10.6 Å². The van der Waals surface area contributed by atoms with Crippen LogP contribution in [0.4, 0.5) is 5.69 Å². The highest BCUT2D eigenvalue weighted by molar-refractivity contribution is 6.34. The number of carbonyl (C=O) groups is 3. The predicted molar refractivity (Wildman–Crippen MR) is 87.9 cm³/mol. The molecule has 0 heterocycles. The van der Waals surface area contributed by atoms with E-state index in [-0.39, 0.29) is 29.6 Å². The van der Waals surface area contributed by atoms with Gasteiger partial charge in [0.1, 0.15) is 0 Å². The molecular weight excluding hydrogens is 336 g/mol. The van der Waals surface area contributed by atoms with Crippen molar-refractivity contribution in [2.24, 2.45) is 17.3 Å². The zero-order chi connectivity index (χ0) is 18.1. The minimum Gasteiger partial charge on any atom is -0.481 e. The molecule has 130 valence electrons. The molecule has 1 saturated carbocycles. The molecule has 0 radical (unpaired) electrons. The zero-order valence-electron chi connectivity index (χ0n) is 13.3. The average molecular weight is 355 g/mol. The molecule has 2 unspecified atom stereocenters. The lowest BCUT2D eigenvalue weighted by Crippen LogP contribution is -2.26. The summed E-state index contributed by atoms with van der Waals surface area (Å²) in [6.45, 7) is 3.40. The second-order valence-corrected chi connectivity index (χ2v) is 6.69. The van der Waals surface area contributed by atoms with E-state index in [0.717, 1.165) is 0 Å². The summed E-state index contributed by atoms with van der Waals surface area (Å²) in [7, 11) is 0. The number of carboxylic acid groups (broad SMARTS) is 1. The minimum atomic E-state index is -0.992. The fraction of sp³-hybridized carbons (Fsp3) is 0.438. The number of anilines is 1. The molecule has 2 amide bonds. The lowest BCUT2D eigenvalue weighted by molar-refractivity contribution is -0.140. The molecule has 4 N–H and O–H groups in total. The highest BCUT2D eigenvalue weighted by Gasteiger charge is 2.65. The Hall–Kier alpha value is -2.12. The van der Waals surface area contributed by atoms with Crippen LogP contribution in [0.5, 0.6) is 0 Å². The lowest BCUT2D eigenvalue weighted by Gasteiger charge is -2.09. The fourth-order valence-electron chi connectivity index (χ4n) is 2.85. The Morgan fingerprint density at radius 3 is 2.42 bits per heavy atom. The molecule has 8 heteroatoms. The molecule has 24 heavy (non-hydrogen) atoms. The van der Waals surface area contributed by atoms with E-state index in [9.17, 15) is 14.4 Å². The van der Waals surface area contributed by atoms with Crippen molar-refractivity contribution in [2.45, 2.75) is 13.8 Å². The molecule has 0 spiro atoms. The third-order valence-electron chi connectivity index (χ3n) is 4.25. The summed E-state index contributed by atoms with van der Waals surface area (Å²) in [6, 6.07) is 4.40. The van der Waals surface area contributed by atoms with Crippen LogP contribution in [-0.2, 0) is 9.59 Å². The van der Waals surface area contributed by atoms with Crippen LogP contribution in [0.25, 0.3) is 0 Å². The second-order valence-electron chi connectivity index (χ2n) is 6.28. The fourth-order valence-corrected chi connectivity index (χ4v) is 3.12. The molecule has 1 aromatic rings.